The molecule has 1 saturated heterocycles. The number of β-amino-alcohol motifs (C(OH)–C–C–N with tert-alkyl or cyclic N) is 1. The number of rotatable bonds is 6. The van der Waals surface area contributed by atoms with E-state index in [1.807, 2.05) is 31.2 Å². The van der Waals surface area contributed by atoms with Gasteiger partial charge in [0.2, 0.25) is 5.91 Å². The van der Waals surface area contributed by atoms with Crippen molar-refractivity contribution in [1.29, 1.82) is 0 Å². The Morgan fingerprint density at radius 2 is 2.21 bits per heavy atom. The van der Waals surface area contributed by atoms with Crippen LogP contribution in [-0.4, -0.2) is 46.4 Å². The van der Waals surface area contributed by atoms with Crippen LogP contribution < -0.4 is 10.6 Å². The quantitative estimate of drug-likeness (QED) is 0.720. The first-order chi connectivity index (χ1) is 11.7. The van der Waals surface area contributed by atoms with Crippen LogP contribution in [0, 0.1) is 0 Å². The number of amides is 1. The molecule has 2 aromatic rings. The highest BCUT2D eigenvalue weighted by atomic mass is 16.5. The summed E-state index contributed by atoms with van der Waals surface area (Å²) in [6.07, 6.45) is 1.54. The fourth-order valence-corrected chi connectivity index (χ4v) is 2.70. The van der Waals surface area contributed by atoms with Crippen molar-refractivity contribution in [2.75, 3.05) is 13.1 Å². The second-order valence-corrected chi connectivity index (χ2v) is 5.96. The number of aliphatic hydroxyl groups excluding tert-OH is 1. The molecule has 3 rings (SSSR count). The molecule has 0 aliphatic carbocycles. The average Bonchev–Trinajstić information content (AvgIpc) is 3.24. The number of benzene rings is 1. The topological polar surface area (TPSA) is 100 Å². The second kappa shape index (κ2) is 7.55. The van der Waals surface area contributed by atoms with Gasteiger partial charge in [-0.1, -0.05) is 24.2 Å². The zero-order valence-electron chi connectivity index (χ0n) is 13.7. The van der Waals surface area contributed by atoms with Crippen molar-refractivity contribution in [3.8, 4) is 11.5 Å². The normalized spacial score (nSPS) is 20.2. The molecule has 0 bridgehead atoms. The molecule has 24 heavy (non-hydrogen) atoms. The number of hydrogen-bond acceptors (Lipinski definition) is 6. The van der Waals surface area contributed by atoms with Gasteiger partial charge in [0.05, 0.1) is 12.1 Å². The second-order valence-electron chi connectivity index (χ2n) is 5.96. The SMILES string of the molecule is CCc1noc(-c2ccc(CCNC(=O)C3CC(O)CN3)cc2)n1. The van der Waals surface area contributed by atoms with Gasteiger partial charge in [-0.25, -0.2) is 0 Å². The maximum absolute atomic E-state index is 11.9. The molecule has 7 heteroatoms. The number of carbonyl (C=O) groups excluding carboxylic acids is 1. The molecular formula is C17H22N4O3. The highest BCUT2D eigenvalue weighted by Gasteiger charge is 2.27. The number of aryl methyl sites for hydroxylation is 1. The Morgan fingerprint density at radius 3 is 2.83 bits per heavy atom. The van der Waals surface area contributed by atoms with Gasteiger partial charge in [-0.2, -0.15) is 4.98 Å². The number of hydrogen-bond donors (Lipinski definition) is 3. The van der Waals surface area contributed by atoms with E-state index in [2.05, 4.69) is 20.8 Å². The summed E-state index contributed by atoms with van der Waals surface area (Å²) in [6, 6.07) is 7.59. The molecule has 2 atom stereocenters. The average molecular weight is 330 g/mol. The van der Waals surface area contributed by atoms with E-state index in [1.54, 1.807) is 0 Å². The minimum Gasteiger partial charge on any atom is -0.392 e. The van der Waals surface area contributed by atoms with Gasteiger partial charge in [0, 0.05) is 25.1 Å². The van der Waals surface area contributed by atoms with E-state index in [4.69, 9.17) is 4.52 Å². The Hall–Kier alpha value is -2.25. The summed E-state index contributed by atoms with van der Waals surface area (Å²) < 4.78 is 5.21. The largest absolute Gasteiger partial charge is 0.392 e. The molecule has 7 nitrogen and oxygen atoms in total. The summed E-state index contributed by atoms with van der Waals surface area (Å²) in [6.45, 7) is 3.02. The summed E-state index contributed by atoms with van der Waals surface area (Å²) >= 11 is 0. The van der Waals surface area contributed by atoms with Gasteiger partial charge < -0.3 is 20.3 Å². The van der Waals surface area contributed by atoms with Gasteiger partial charge in [0.1, 0.15) is 0 Å². The van der Waals surface area contributed by atoms with E-state index in [1.165, 1.54) is 0 Å². The Kier molecular flexibility index (Phi) is 5.22. The van der Waals surface area contributed by atoms with Crippen LogP contribution in [0.4, 0.5) is 0 Å². The molecule has 0 radical (unpaired) electrons. The molecule has 3 N–H and O–H groups in total. The van der Waals surface area contributed by atoms with Gasteiger partial charge in [0.25, 0.3) is 5.89 Å². The minimum absolute atomic E-state index is 0.0545. The molecule has 1 aromatic heterocycles. The summed E-state index contributed by atoms with van der Waals surface area (Å²) in [5, 5.41) is 19.2. The number of nitrogens with one attached hydrogen (secondary N) is 2. The number of carbonyl (C=O) groups is 1. The first kappa shape index (κ1) is 16.6. The van der Waals surface area contributed by atoms with Crippen molar-refractivity contribution in [3.05, 3.63) is 35.7 Å². The maximum atomic E-state index is 11.9. The zero-order valence-corrected chi connectivity index (χ0v) is 13.7. The molecular weight excluding hydrogens is 308 g/mol. The molecule has 1 fully saturated rings. The summed E-state index contributed by atoms with van der Waals surface area (Å²) in [4.78, 5) is 16.2. The Labute approximate surface area is 140 Å². The lowest BCUT2D eigenvalue weighted by Crippen LogP contribution is -2.41. The van der Waals surface area contributed by atoms with Crippen LogP contribution in [0.5, 0.6) is 0 Å². The summed E-state index contributed by atoms with van der Waals surface area (Å²) in [7, 11) is 0. The van der Waals surface area contributed by atoms with E-state index in [9.17, 15) is 9.90 Å². The monoisotopic (exact) mass is 330 g/mol. The molecule has 1 aliphatic heterocycles. The van der Waals surface area contributed by atoms with Crippen LogP contribution in [0.2, 0.25) is 0 Å². The summed E-state index contributed by atoms with van der Waals surface area (Å²) in [5.74, 6) is 1.17. The van der Waals surface area contributed by atoms with Crippen LogP contribution >= 0.6 is 0 Å². The van der Waals surface area contributed by atoms with Gasteiger partial charge >= 0.3 is 0 Å². The molecule has 128 valence electrons. The molecule has 1 aliphatic rings. The van der Waals surface area contributed by atoms with Gasteiger partial charge in [-0.05, 0) is 30.5 Å². The number of nitrogens with zero attached hydrogens (tertiary/aromatic N) is 2. The predicted octanol–water partition coefficient (Wildman–Crippen LogP) is 0.680. The Balaban J connectivity index is 1.48. The van der Waals surface area contributed by atoms with Crippen LogP contribution in [-0.2, 0) is 17.6 Å². The molecule has 2 heterocycles. The van der Waals surface area contributed by atoms with Crippen LogP contribution in [0.15, 0.2) is 28.8 Å². The van der Waals surface area contributed by atoms with Crippen molar-refractivity contribution in [1.82, 2.24) is 20.8 Å². The fraction of sp³-hybridized carbons (Fsp3) is 0.471. The number of aliphatic hydroxyl groups is 1. The smallest absolute Gasteiger partial charge is 0.257 e. The van der Waals surface area contributed by atoms with E-state index >= 15 is 0 Å². The lowest BCUT2D eigenvalue weighted by molar-refractivity contribution is -0.122. The van der Waals surface area contributed by atoms with Gasteiger partial charge in [-0.15, -0.1) is 0 Å². The van der Waals surface area contributed by atoms with Crippen molar-refractivity contribution in [2.45, 2.75) is 38.3 Å². The molecule has 0 saturated carbocycles. The predicted molar refractivity (Wildman–Crippen MR) is 88.2 cm³/mol. The van der Waals surface area contributed by atoms with Crippen LogP contribution in [0.25, 0.3) is 11.5 Å². The van der Waals surface area contributed by atoms with E-state index in [0.717, 1.165) is 24.0 Å². The maximum Gasteiger partial charge on any atom is 0.257 e. The highest BCUT2D eigenvalue weighted by molar-refractivity contribution is 5.82. The molecule has 0 spiro atoms. The first-order valence-electron chi connectivity index (χ1n) is 8.26. The van der Waals surface area contributed by atoms with E-state index in [-0.39, 0.29) is 11.9 Å². The first-order valence-corrected chi connectivity index (χ1v) is 8.26. The van der Waals surface area contributed by atoms with Crippen molar-refractivity contribution >= 4 is 5.91 Å². The van der Waals surface area contributed by atoms with Gasteiger partial charge in [0.15, 0.2) is 5.82 Å². The molecule has 2 unspecified atom stereocenters. The van der Waals surface area contributed by atoms with Crippen LogP contribution in [0.1, 0.15) is 24.7 Å². The Morgan fingerprint density at radius 1 is 1.42 bits per heavy atom. The standard InChI is InChI=1S/C17H22N4O3/c1-2-15-20-17(24-21-15)12-5-3-11(4-6-12)7-8-18-16(23)14-9-13(22)10-19-14/h3-6,13-14,19,22H,2,7-10H2,1H3,(H,18,23). The summed E-state index contributed by atoms with van der Waals surface area (Å²) in [5.41, 5.74) is 2.01. The van der Waals surface area contributed by atoms with Crippen molar-refractivity contribution in [2.24, 2.45) is 0 Å². The molecule has 1 amide bonds. The highest BCUT2D eigenvalue weighted by Crippen LogP contribution is 2.18. The third kappa shape index (κ3) is 3.98. The third-order valence-corrected chi connectivity index (χ3v) is 4.12. The van der Waals surface area contributed by atoms with Gasteiger partial charge in [-0.3, -0.25) is 4.79 Å². The lowest BCUT2D eigenvalue weighted by atomic mass is 10.1. The van der Waals surface area contributed by atoms with Crippen LogP contribution in [0.3, 0.4) is 0 Å². The van der Waals surface area contributed by atoms with Crippen molar-refractivity contribution in [3.63, 3.8) is 0 Å². The van der Waals surface area contributed by atoms with E-state index < -0.39 is 6.10 Å². The Bertz CT molecular complexity index is 683. The lowest BCUT2D eigenvalue weighted by Gasteiger charge is -2.11. The third-order valence-electron chi connectivity index (χ3n) is 4.12. The number of aromatic nitrogens is 2. The minimum atomic E-state index is -0.425. The molecule has 1 aromatic carbocycles. The zero-order chi connectivity index (χ0) is 16.9. The fourth-order valence-electron chi connectivity index (χ4n) is 2.70. The van der Waals surface area contributed by atoms with Crippen molar-refractivity contribution < 1.29 is 14.4 Å². The van der Waals surface area contributed by atoms with E-state index in [0.29, 0.717) is 31.2 Å².